The van der Waals surface area contributed by atoms with Gasteiger partial charge in [-0.2, -0.15) is 5.26 Å². The van der Waals surface area contributed by atoms with Crippen LogP contribution in [0.3, 0.4) is 0 Å². The highest BCUT2D eigenvalue weighted by molar-refractivity contribution is 6.43. The van der Waals surface area contributed by atoms with E-state index in [1.807, 2.05) is 36.1 Å². The highest BCUT2D eigenvalue weighted by Gasteiger charge is 2.57. The fraction of sp³-hybridized carbons (Fsp3) is 0.390. The fourth-order valence-corrected chi connectivity index (χ4v) is 10.2. The number of carbonyl (C=O) groups excluding carboxylic acids is 2. The predicted octanol–water partition coefficient (Wildman–Crippen LogP) is 7.71. The monoisotopic (exact) mass is 747 g/mol. The summed E-state index contributed by atoms with van der Waals surface area (Å²) in [5, 5.41) is 15.4. The number of aromatic nitrogens is 3. The third kappa shape index (κ3) is 4.90. The average molecular weight is 749 g/mol. The first-order valence-corrected chi connectivity index (χ1v) is 19.3. The van der Waals surface area contributed by atoms with Crippen LogP contribution in [0.5, 0.6) is 0 Å². The maximum atomic E-state index is 17.3. The number of fused-ring (bicyclic) bond motifs is 6. The first-order valence-electron chi connectivity index (χ1n) is 18.5. The van der Waals surface area contributed by atoms with E-state index in [0.29, 0.717) is 63.9 Å². The van der Waals surface area contributed by atoms with Gasteiger partial charge in [0.05, 0.1) is 33.7 Å². The summed E-state index contributed by atoms with van der Waals surface area (Å²) in [6.45, 7) is 3.23. The molecule has 53 heavy (non-hydrogen) atoms. The minimum atomic E-state index is -0.590. The maximum Gasteiger partial charge on any atom is 0.250 e. The molecule has 6 atom stereocenters. The van der Waals surface area contributed by atoms with E-state index in [-0.39, 0.29) is 58.7 Å². The number of halogens is 3. The lowest BCUT2D eigenvalue weighted by molar-refractivity contribution is -0.140. The van der Waals surface area contributed by atoms with Crippen LogP contribution in [0.4, 0.5) is 10.2 Å². The van der Waals surface area contributed by atoms with E-state index in [2.05, 4.69) is 27.0 Å². The molecule has 6 aliphatic rings. The SMILES string of the molecule is Cc1nc2c(F)c(-c3cccc(Cl)c3Cl)c(CCC#N)cc2c2c1cc([C@H]1[C@H]3C[C@H](C(=O)N(c4ccccn4)C3)N1C(=O)C1CC1)n2[C@H]1[C@H]2CN[C@@H]1C2. The van der Waals surface area contributed by atoms with Gasteiger partial charge in [-0.25, -0.2) is 14.4 Å². The van der Waals surface area contributed by atoms with Crippen LogP contribution < -0.4 is 10.2 Å². The summed E-state index contributed by atoms with van der Waals surface area (Å²) < 4.78 is 19.7. The van der Waals surface area contributed by atoms with Crippen molar-refractivity contribution in [1.29, 1.82) is 5.26 Å². The number of likely N-dealkylation sites (tertiary alicyclic amines) is 1. The van der Waals surface area contributed by atoms with E-state index in [9.17, 15) is 14.9 Å². The van der Waals surface area contributed by atoms with Crippen molar-refractivity contribution in [2.24, 2.45) is 17.8 Å². The third-order valence-corrected chi connectivity index (χ3v) is 13.2. The molecule has 1 N–H and O–H groups in total. The summed E-state index contributed by atoms with van der Waals surface area (Å²) in [4.78, 5) is 41.7. The van der Waals surface area contributed by atoms with Gasteiger partial charge in [0.2, 0.25) is 5.91 Å². The van der Waals surface area contributed by atoms with Crippen molar-refractivity contribution in [3.05, 3.63) is 87.5 Å². The van der Waals surface area contributed by atoms with Crippen LogP contribution in [0.25, 0.3) is 32.9 Å². The molecular weight excluding hydrogens is 712 g/mol. The Bertz CT molecular complexity index is 2410. The van der Waals surface area contributed by atoms with E-state index in [1.165, 1.54) is 0 Å². The molecule has 0 spiro atoms. The van der Waals surface area contributed by atoms with Crippen LogP contribution in [-0.4, -0.2) is 56.4 Å². The number of aryl methyl sites for hydroxylation is 2. The number of nitrogens with one attached hydrogen (secondary N) is 1. The third-order valence-electron chi connectivity index (χ3n) is 12.4. The highest BCUT2D eigenvalue weighted by Crippen LogP contribution is 2.54. The van der Waals surface area contributed by atoms with Gasteiger partial charge in [-0.3, -0.25) is 14.5 Å². The van der Waals surface area contributed by atoms with Gasteiger partial charge < -0.3 is 14.8 Å². The molecule has 7 heterocycles. The second-order valence-electron chi connectivity index (χ2n) is 15.4. The molecule has 4 saturated heterocycles. The fourth-order valence-electron chi connectivity index (χ4n) is 9.85. The molecule has 4 bridgehead atoms. The lowest BCUT2D eigenvalue weighted by Gasteiger charge is -2.40. The van der Waals surface area contributed by atoms with Gasteiger partial charge in [0, 0.05) is 76.9 Å². The minimum absolute atomic E-state index is 0.0322. The molecule has 11 rings (SSSR count). The Hall–Kier alpha value is -4.56. The van der Waals surface area contributed by atoms with Gasteiger partial charge in [-0.05, 0) is 80.8 Å². The van der Waals surface area contributed by atoms with E-state index >= 15 is 4.39 Å². The molecule has 9 nitrogen and oxygen atoms in total. The summed E-state index contributed by atoms with van der Waals surface area (Å²) in [6, 6.07) is 16.5. The average Bonchev–Trinajstić information content (AvgIpc) is 3.43. The van der Waals surface area contributed by atoms with Crippen molar-refractivity contribution >= 4 is 62.6 Å². The van der Waals surface area contributed by atoms with Crippen molar-refractivity contribution in [3.63, 3.8) is 0 Å². The molecule has 6 fully saturated rings. The summed E-state index contributed by atoms with van der Waals surface area (Å²) in [5.74, 6) is 0.288. The van der Waals surface area contributed by atoms with Crippen molar-refractivity contribution < 1.29 is 14.0 Å². The standard InChI is InChI=1S/C41H36Cl2FN7O2/c1-20-26-17-30(38-24-16-31(51(38)40(52)21-10-11-21)41(53)49(19-24)32-9-2-3-13-46-32)50(37-23-15-29(37)47-18-23)39(26)27-14-22(6-5-12-45)33(35(44)36(27)48-20)25-7-4-8-28(42)34(25)43/h2-4,7-9,13-14,17,21,23-24,29,31,37-38,47H,5-6,10-11,15-16,18-19H2,1H3/t23-,24+,29-,31-,37+,38-/m1/s1. The lowest BCUT2D eigenvalue weighted by atomic mass is 9.79. The van der Waals surface area contributed by atoms with Crippen LogP contribution in [0.1, 0.15) is 61.1 Å². The second kappa shape index (κ2) is 12.2. The van der Waals surface area contributed by atoms with Crippen LogP contribution >= 0.6 is 23.2 Å². The lowest BCUT2D eigenvalue weighted by Crippen LogP contribution is -2.50. The van der Waals surface area contributed by atoms with Gasteiger partial charge in [-0.15, -0.1) is 0 Å². The Morgan fingerprint density at radius 1 is 1.09 bits per heavy atom. The predicted molar refractivity (Wildman–Crippen MR) is 201 cm³/mol. The number of nitrogens with zero attached hydrogens (tertiary/aromatic N) is 6. The quantitative estimate of drug-likeness (QED) is 0.183. The van der Waals surface area contributed by atoms with Gasteiger partial charge in [-0.1, -0.05) is 41.4 Å². The second-order valence-corrected chi connectivity index (χ2v) is 16.2. The molecule has 5 aromatic rings. The molecule has 2 aromatic carbocycles. The molecule has 4 aliphatic heterocycles. The molecule has 2 aliphatic carbocycles. The molecular formula is C41H36Cl2FN7O2. The van der Waals surface area contributed by atoms with Crippen molar-refractivity contribution in [1.82, 2.24) is 24.8 Å². The molecule has 0 unspecified atom stereocenters. The number of rotatable bonds is 7. The maximum absolute atomic E-state index is 17.3. The van der Waals surface area contributed by atoms with Gasteiger partial charge in [0.15, 0.2) is 5.82 Å². The summed E-state index contributed by atoms with van der Waals surface area (Å²) in [6.07, 6.45) is 5.46. The zero-order chi connectivity index (χ0) is 36.3. The zero-order valence-corrected chi connectivity index (χ0v) is 30.5. The Morgan fingerprint density at radius 2 is 1.94 bits per heavy atom. The number of amides is 2. The number of pyridine rings is 2. The number of hydrogen-bond acceptors (Lipinski definition) is 6. The Labute approximate surface area is 315 Å². The summed E-state index contributed by atoms with van der Waals surface area (Å²) in [5.41, 5.74) is 4.15. The van der Waals surface area contributed by atoms with Crippen molar-refractivity contribution in [2.75, 3.05) is 18.0 Å². The van der Waals surface area contributed by atoms with Gasteiger partial charge in [0.25, 0.3) is 5.91 Å². The number of piperidine rings is 1. The first kappa shape index (κ1) is 33.0. The normalized spacial score (nSPS) is 26.1. The van der Waals surface area contributed by atoms with Crippen LogP contribution in [0.2, 0.25) is 10.0 Å². The molecule has 12 heteroatoms. The first-order chi connectivity index (χ1) is 25.7. The van der Waals surface area contributed by atoms with Crippen LogP contribution in [0.15, 0.2) is 54.7 Å². The molecule has 2 saturated carbocycles. The number of hydrogen-bond donors (Lipinski definition) is 1. The minimum Gasteiger partial charge on any atom is -0.337 e. The smallest absolute Gasteiger partial charge is 0.250 e. The number of benzene rings is 2. The molecule has 3 aromatic heterocycles. The van der Waals surface area contributed by atoms with E-state index in [0.717, 1.165) is 42.4 Å². The Morgan fingerprint density at radius 3 is 2.66 bits per heavy atom. The summed E-state index contributed by atoms with van der Waals surface area (Å²) >= 11 is 13.1. The zero-order valence-electron chi connectivity index (χ0n) is 29.0. The largest absolute Gasteiger partial charge is 0.337 e. The van der Waals surface area contributed by atoms with Crippen LogP contribution in [-0.2, 0) is 16.0 Å². The molecule has 0 radical (unpaired) electrons. The number of nitriles is 1. The van der Waals surface area contributed by atoms with Crippen molar-refractivity contribution in [2.45, 2.75) is 69.6 Å². The van der Waals surface area contributed by atoms with E-state index in [1.54, 1.807) is 29.3 Å². The van der Waals surface area contributed by atoms with Crippen LogP contribution in [0, 0.1) is 41.8 Å². The topological polar surface area (TPSA) is 107 Å². The van der Waals surface area contributed by atoms with E-state index < -0.39 is 11.9 Å². The van der Waals surface area contributed by atoms with E-state index in [4.69, 9.17) is 28.2 Å². The number of anilines is 1. The Kier molecular flexibility index (Phi) is 7.63. The molecule has 2 amide bonds. The van der Waals surface area contributed by atoms with Gasteiger partial charge in [0.1, 0.15) is 17.4 Å². The van der Waals surface area contributed by atoms with Gasteiger partial charge >= 0.3 is 0 Å². The Balaban J connectivity index is 1.23. The highest BCUT2D eigenvalue weighted by atomic mass is 35.5. The van der Waals surface area contributed by atoms with Crippen molar-refractivity contribution in [3.8, 4) is 17.2 Å². The summed E-state index contributed by atoms with van der Waals surface area (Å²) in [7, 11) is 0. The molecule has 268 valence electrons. The number of carbonyl (C=O) groups is 2.